The van der Waals surface area contributed by atoms with Crippen molar-refractivity contribution in [3.63, 3.8) is 0 Å². The molecule has 0 radical (unpaired) electrons. The van der Waals surface area contributed by atoms with Crippen LogP contribution in [-0.4, -0.2) is 14.6 Å². The number of allylic oxidation sites excluding steroid dienone is 1. The normalized spacial score (nSPS) is 25.1. The van der Waals surface area contributed by atoms with Crippen LogP contribution in [0.4, 0.5) is 5.69 Å². The Morgan fingerprint density at radius 3 is 2.84 bits per heavy atom. The lowest BCUT2D eigenvalue weighted by atomic mass is 9.97. The molecule has 1 aliphatic heterocycles. The summed E-state index contributed by atoms with van der Waals surface area (Å²) in [4.78, 5) is 0.254. The molecule has 0 spiro atoms. The van der Waals surface area contributed by atoms with Crippen LogP contribution in [0.25, 0.3) is 0 Å². The number of benzene rings is 1. The van der Waals surface area contributed by atoms with Crippen LogP contribution in [0.2, 0.25) is 5.02 Å². The molecule has 0 fully saturated rings. The van der Waals surface area contributed by atoms with Gasteiger partial charge < -0.3 is 5.32 Å². The van der Waals surface area contributed by atoms with E-state index in [2.05, 4.69) is 16.1 Å². The van der Waals surface area contributed by atoms with Crippen molar-refractivity contribution in [1.82, 2.24) is 4.72 Å². The molecule has 102 valence electrons. The van der Waals surface area contributed by atoms with Crippen molar-refractivity contribution in [1.29, 1.82) is 0 Å². The Labute approximate surface area is 117 Å². The second kappa shape index (κ2) is 4.81. The predicted molar refractivity (Wildman–Crippen MR) is 75.7 cm³/mol. The number of sulfonamides is 1. The number of anilines is 1. The molecule has 0 aromatic heterocycles. The first-order valence-corrected chi connectivity index (χ1v) is 8.20. The summed E-state index contributed by atoms with van der Waals surface area (Å²) in [6, 6.07) is 4.77. The fraction of sp³-hybridized carbons (Fsp3) is 0.385. The number of hydrogen-bond acceptors (Lipinski definition) is 3. The van der Waals surface area contributed by atoms with Crippen molar-refractivity contribution >= 4 is 27.3 Å². The average Bonchev–Trinajstić information content (AvgIpc) is 2.38. The molecule has 2 N–H and O–H groups in total. The molecule has 1 aromatic rings. The van der Waals surface area contributed by atoms with Gasteiger partial charge in [-0.2, -0.15) is 4.72 Å². The summed E-state index contributed by atoms with van der Waals surface area (Å²) >= 11 is 5.93. The fourth-order valence-corrected chi connectivity index (χ4v) is 4.02. The van der Waals surface area contributed by atoms with Crippen molar-refractivity contribution in [2.24, 2.45) is 0 Å². The first-order chi connectivity index (χ1) is 9.06. The zero-order valence-electron chi connectivity index (χ0n) is 10.3. The third-order valence-corrected chi connectivity index (χ3v) is 5.22. The minimum atomic E-state index is -3.47. The van der Waals surface area contributed by atoms with Crippen molar-refractivity contribution < 1.29 is 8.42 Å². The average molecular weight is 299 g/mol. The molecule has 0 amide bonds. The molecular formula is C13H15ClN2O2S. The predicted octanol–water partition coefficient (Wildman–Crippen LogP) is 2.87. The van der Waals surface area contributed by atoms with E-state index < -0.39 is 10.0 Å². The highest BCUT2D eigenvalue weighted by Crippen LogP contribution is 2.32. The highest BCUT2D eigenvalue weighted by atomic mass is 35.5. The van der Waals surface area contributed by atoms with Crippen molar-refractivity contribution in [2.75, 3.05) is 5.32 Å². The Morgan fingerprint density at radius 2 is 2.11 bits per heavy atom. The minimum Gasteiger partial charge on any atom is -0.364 e. The van der Waals surface area contributed by atoms with E-state index in [0.717, 1.165) is 24.8 Å². The lowest BCUT2D eigenvalue weighted by Crippen LogP contribution is -2.46. The molecule has 0 saturated carbocycles. The Balaban J connectivity index is 2.00. The van der Waals surface area contributed by atoms with Crippen LogP contribution < -0.4 is 10.0 Å². The Morgan fingerprint density at radius 1 is 1.26 bits per heavy atom. The molecule has 1 atom stereocenters. The highest BCUT2D eigenvalue weighted by molar-refractivity contribution is 7.89. The van der Waals surface area contributed by atoms with Crippen molar-refractivity contribution in [3.8, 4) is 0 Å². The summed E-state index contributed by atoms with van der Waals surface area (Å²) < 4.78 is 27.1. The second-order valence-electron chi connectivity index (χ2n) is 4.86. The van der Waals surface area contributed by atoms with E-state index >= 15 is 0 Å². The van der Waals surface area contributed by atoms with E-state index in [-0.39, 0.29) is 11.1 Å². The van der Waals surface area contributed by atoms with Crippen LogP contribution in [0, 0.1) is 0 Å². The Bertz CT molecular complexity index is 640. The molecule has 3 rings (SSSR count). The zero-order chi connectivity index (χ0) is 13.5. The maximum absolute atomic E-state index is 12.2. The van der Waals surface area contributed by atoms with Crippen molar-refractivity contribution in [2.45, 2.75) is 36.7 Å². The van der Waals surface area contributed by atoms with Crippen LogP contribution in [0.5, 0.6) is 0 Å². The summed E-state index contributed by atoms with van der Waals surface area (Å²) in [7, 11) is -3.47. The number of rotatable bonds is 1. The minimum absolute atomic E-state index is 0.254. The van der Waals surface area contributed by atoms with E-state index in [0.29, 0.717) is 10.7 Å². The van der Waals surface area contributed by atoms with Crippen LogP contribution in [0.3, 0.4) is 0 Å². The molecule has 1 aliphatic carbocycles. The molecule has 6 heteroatoms. The third kappa shape index (κ3) is 2.50. The van der Waals surface area contributed by atoms with E-state index in [1.54, 1.807) is 12.1 Å². The van der Waals surface area contributed by atoms with Gasteiger partial charge in [0, 0.05) is 5.02 Å². The summed E-state index contributed by atoms with van der Waals surface area (Å²) in [5.41, 5.74) is 1.68. The first kappa shape index (κ1) is 13.0. The summed E-state index contributed by atoms with van der Waals surface area (Å²) in [6.07, 6.45) is 5.99. The number of fused-ring (bicyclic) bond motifs is 1. The van der Waals surface area contributed by atoms with Gasteiger partial charge in [-0.05, 0) is 49.5 Å². The van der Waals surface area contributed by atoms with Gasteiger partial charge in [0.05, 0.1) is 5.69 Å². The van der Waals surface area contributed by atoms with E-state index in [1.165, 1.54) is 12.5 Å². The van der Waals surface area contributed by atoms with Gasteiger partial charge in [-0.1, -0.05) is 17.7 Å². The van der Waals surface area contributed by atoms with Crippen LogP contribution in [-0.2, 0) is 10.0 Å². The van der Waals surface area contributed by atoms with Crippen LogP contribution in [0.15, 0.2) is 34.7 Å². The Hall–Kier alpha value is -1.04. The molecule has 4 nitrogen and oxygen atoms in total. The van der Waals surface area contributed by atoms with Crippen LogP contribution in [0.1, 0.15) is 25.7 Å². The molecule has 19 heavy (non-hydrogen) atoms. The zero-order valence-corrected chi connectivity index (χ0v) is 11.9. The first-order valence-electron chi connectivity index (χ1n) is 6.34. The molecule has 0 bridgehead atoms. The summed E-state index contributed by atoms with van der Waals surface area (Å²) in [6.45, 7) is 0. The van der Waals surface area contributed by atoms with E-state index in [4.69, 9.17) is 11.6 Å². The van der Waals surface area contributed by atoms with Gasteiger partial charge in [0.2, 0.25) is 10.0 Å². The molecule has 1 aromatic carbocycles. The molecule has 1 unspecified atom stereocenters. The lowest BCUT2D eigenvalue weighted by Gasteiger charge is -2.31. The van der Waals surface area contributed by atoms with Crippen molar-refractivity contribution in [3.05, 3.63) is 34.9 Å². The van der Waals surface area contributed by atoms with Gasteiger partial charge in [-0.25, -0.2) is 8.42 Å². The number of halogens is 1. The van der Waals surface area contributed by atoms with Gasteiger partial charge in [-0.3, -0.25) is 0 Å². The number of hydrogen-bond donors (Lipinski definition) is 2. The number of nitrogens with one attached hydrogen (secondary N) is 2. The fourth-order valence-electron chi connectivity index (χ4n) is 2.55. The quantitative estimate of drug-likeness (QED) is 0.784. The third-order valence-electron chi connectivity index (χ3n) is 3.50. The molecule has 0 saturated heterocycles. The Kier molecular flexibility index (Phi) is 3.28. The maximum Gasteiger partial charge on any atom is 0.244 e. The van der Waals surface area contributed by atoms with Gasteiger partial charge in [0.15, 0.2) is 0 Å². The molecule has 1 heterocycles. The monoisotopic (exact) mass is 298 g/mol. The topological polar surface area (TPSA) is 58.2 Å². The van der Waals surface area contributed by atoms with Gasteiger partial charge >= 0.3 is 0 Å². The highest BCUT2D eigenvalue weighted by Gasteiger charge is 2.31. The van der Waals surface area contributed by atoms with Gasteiger partial charge in [0.25, 0.3) is 0 Å². The standard InChI is InChI=1S/C13H15ClN2O2S/c14-10-6-7-12-11(8-10)15-13(16-19(12,17)18)9-4-2-1-3-5-9/h4,6-8,13,15-16H,1-3,5H2. The summed E-state index contributed by atoms with van der Waals surface area (Å²) in [5, 5.41) is 3.75. The molecular weight excluding hydrogens is 284 g/mol. The van der Waals surface area contributed by atoms with E-state index in [9.17, 15) is 8.42 Å². The maximum atomic E-state index is 12.2. The second-order valence-corrected chi connectivity index (χ2v) is 6.98. The summed E-state index contributed by atoms with van der Waals surface area (Å²) in [5.74, 6) is 0. The SMILES string of the molecule is O=S1(=O)NC(C2=CCCCC2)Nc2cc(Cl)ccc21. The van der Waals surface area contributed by atoms with E-state index in [1.807, 2.05) is 0 Å². The smallest absolute Gasteiger partial charge is 0.244 e. The van der Waals surface area contributed by atoms with Crippen LogP contribution >= 0.6 is 11.6 Å². The van der Waals surface area contributed by atoms with Gasteiger partial charge in [-0.15, -0.1) is 0 Å². The van der Waals surface area contributed by atoms with Gasteiger partial charge in [0.1, 0.15) is 11.1 Å². The largest absolute Gasteiger partial charge is 0.364 e. The molecule has 2 aliphatic rings. The lowest BCUT2D eigenvalue weighted by molar-refractivity contribution is 0.559.